The Labute approximate surface area is 201 Å². The van der Waals surface area contributed by atoms with Gasteiger partial charge in [-0.05, 0) is 55.0 Å². The number of nitriles is 1. The minimum Gasteiger partial charge on any atom is -0.326 e. The van der Waals surface area contributed by atoms with Gasteiger partial charge in [0.15, 0.2) is 0 Å². The van der Waals surface area contributed by atoms with Crippen LogP contribution in [0.4, 0.5) is 27.6 Å². The van der Waals surface area contributed by atoms with Crippen LogP contribution in [0.3, 0.4) is 0 Å². The second kappa shape index (κ2) is 9.88. The van der Waals surface area contributed by atoms with Gasteiger partial charge in [0, 0.05) is 16.5 Å². The number of nitrogens with one attached hydrogen (secondary N) is 1. The number of ketones is 1. The highest BCUT2D eigenvalue weighted by atomic mass is 35.5. The first-order valence-corrected chi connectivity index (χ1v) is 10.5. The Morgan fingerprint density at radius 3 is 2.40 bits per heavy atom. The first kappa shape index (κ1) is 25.9. The Kier molecular flexibility index (Phi) is 7.31. The summed E-state index contributed by atoms with van der Waals surface area (Å²) in [4.78, 5) is 24.7. The summed E-state index contributed by atoms with van der Waals surface area (Å²) in [6, 6.07) is 8.10. The molecule has 0 unspecified atom stereocenters. The lowest BCUT2D eigenvalue weighted by Gasteiger charge is -2.20. The second-order valence-electron chi connectivity index (χ2n) is 7.80. The number of carbonyl (C=O) groups is 2. The lowest BCUT2D eigenvalue weighted by Crippen LogP contribution is -2.18. The normalized spacial score (nSPS) is 12.2. The van der Waals surface area contributed by atoms with Crippen LogP contribution in [0.5, 0.6) is 0 Å². The van der Waals surface area contributed by atoms with Gasteiger partial charge in [-0.15, -0.1) is 0 Å². The molecule has 0 bridgehead atoms. The van der Waals surface area contributed by atoms with Crippen LogP contribution in [0.2, 0.25) is 5.02 Å². The van der Waals surface area contributed by atoms with E-state index < -0.39 is 40.8 Å². The quantitative estimate of drug-likeness (QED) is 0.396. The molecule has 1 aromatic heterocycles. The van der Waals surface area contributed by atoms with Crippen molar-refractivity contribution in [2.24, 2.45) is 0 Å². The van der Waals surface area contributed by atoms with Gasteiger partial charge in [0.2, 0.25) is 0 Å². The Balaban J connectivity index is 2.14. The molecule has 0 fully saturated rings. The fourth-order valence-corrected chi connectivity index (χ4v) is 3.97. The summed E-state index contributed by atoms with van der Waals surface area (Å²) in [5, 5.41) is 12.1. The van der Waals surface area contributed by atoms with Crippen LogP contribution in [0.1, 0.15) is 52.6 Å². The lowest BCUT2D eigenvalue weighted by atomic mass is 9.96. The van der Waals surface area contributed by atoms with Crippen molar-refractivity contribution in [1.82, 2.24) is 4.57 Å². The SMILES string of the molecule is CC(=O)Cn1c(C#N)cc(NC(=O)c2cc(F)cc(C(F)(F)F)c2)c1[C@H](C)c1cc(F)ccc1Cl. The molecule has 0 saturated carbocycles. The molecule has 0 spiro atoms. The van der Waals surface area contributed by atoms with Crippen molar-refractivity contribution in [2.75, 3.05) is 5.32 Å². The van der Waals surface area contributed by atoms with Gasteiger partial charge in [-0.1, -0.05) is 18.5 Å². The third kappa shape index (κ3) is 5.69. The number of rotatable bonds is 6. The van der Waals surface area contributed by atoms with Crippen molar-refractivity contribution in [3.8, 4) is 6.07 Å². The average Bonchev–Trinajstić information content (AvgIpc) is 3.09. The van der Waals surface area contributed by atoms with E-state index in [0.29, 0.717) is 12.1 Å². The van der Waals surface area contributed by atoms with Crippen LogP contribution in [0.15, 0.2) is 42.5 Å². The fraction of sp³-hybridized carbons (Fsp3) is 0.208. The molecule has 0 aliphatic carbocycles. The zero-order chi connectivity index (χ0) is 26.1. The Morgan fingerprint density at radius 2 is 1.80 bits per heavy atom. The Hall–Kier alpha value is -3.71. The van der Waals surface area contributed by atoms with Crippen molar-refractivity contribution in [1.29, 1.82) is 5.26 Å². The van der Waals surface area contributed by atoms with Crippen LogP contribution in [-0.4, -0.2) is 16.3 Å². The third-order valence-electron chi connectivity index (χ3n) is 5.20. The molecule has 11 heteroatoms. The van der Waals surface area contributed by atoms with Crippen LogP contribution in [0.25, 0.3) is 0 Å². The summed E-state index contributed by atoms with van der Waals surface area (Å²) in [6.07, 6.45) is -4.89. The summed E-state index contributed by atoms with van der Waals surface area (Å²) in [6.45, 7) is 2.59. The van der Waals surface area contributed by atoms with Gasteiger partial charge >= 0.3 is 6.18 Å². The van der Waals surface area contributed by atoms with E-state index in [1.165, 1.54) is 23.6 Å². The summed E-state index contributed by atoms with van der Waals surface area (Å²) in [7, 11) is 0. The number of nitrogens with zero attached hydrogens (tertiary/aromatic N) is 2. The molecule has 3 rings (SSSR count). The summed E-state index contributed by atoms with van der Waals surface area (Å²) in [5.41, 5.74) is -1.57. The molecule has 3 aromatic rings. The minimum atomic E-state index is -4.89. The van der Waals surface area contributed by atoms with Gasteiger partial charge in [0.05, 0.1) is 23.5 Å². The molecule has 182 valence electrons. The molecule has 1 atom stereocenters. The van der Waals surface area contributed by atoms with E-state index in [1.807, 2.05) is 6.07 Å². The molecular weight excluding hydrogens is 493 g/mol. The molecule has 0 radical (unpaired) electrons. The minimum absolute atomic E-state index is 0.0292. The van der Waals surface area contributed by atoms with Gasteiger partial charge in [0.1, 0.15) is 29.2 Å². The van der Waals surface area contributed by atoms with Crippen LogP contribution in [0, 0.1) is 23.0 Å². The number of carbonyl (C=O) groups excluding carboxylic acids is 2. The second-order valence-corrected chi connectivity index (χ2v) is 8.20. The van der Waals surface area contributed by atoms with Crippen LogP contribution in [-0.2, 0) is 17.5 Å². The van der Waals surface area contributed by atoms with Gasteiger partial charge in [-0.25, -0.2) is 8.78 Å². The van der Waals surface area contributed by atoms with Crippen molar-refractivity contribution in [3.05, 3.63) is 87.2 Å². The first-order valence-electron chi connectivity index (χ1n) is 10.1. The largest absolute Gasteiger partial charge is 0.416 e. The molecular formula is C24H17ClF5N3O2. The van der Waals surface area contributed by atoms with Crippen molar-refractivity contribution >= 4 is 29.0 Å². The van der Waals surface area contributed by atoms with E-state index in [1.54, 1.807) is 6.92 Å². The lowest BCUT2D eigenvalue weighted by molar-refractivity contribution is -0.137. The highest BCUT2D eigenvalue weighted by Gasteiger charge is 2.32. The molecule has 0 saturated heterocycles. The molecule has 1 amide bonds. The Morgan fingerprint density at radius 1 is 1.11 bits per heavy atom. The van der Waals surface area contributed by atoms with Gasteiger partial charge in [0.25, 0.3) is 5.91 Å². The zero-order valence-electron chi connectivity index (χ0n) is 18.3. The molecule has 1 heterocycles. The summed E-state index contributed by atoms with van der Waals surface area (Å²) < 4.78 is 68.3. The average molecular weight is 510 g/mol. The van der Waals surface area contributed by atoms with Crippen LogP contribution < -0.4 is 5.32 Å². The maximum Gasteiger partial charge on any atom is 0.416 e. The van der Waals surface area contributed by atoms with Gasteiger partial charge in [-0.2, -0.15) is 18.4 Å². The smallest absolute Gasteiger partial charge is 0.326 e. The van der Waals surface area contributed by atoms with Gasteiger partial charge < -0.3 is 9.88 Å². The van der Waals surface area contributed by atoms with E-state index in [-0.39, 0.29) is 46.1 Å². The number of halogens is 6. The molecule has 5 nitrogen and oxygen atoms in total. The molecule has 0 aliphatic heterocycles. The predicted octanol–water partition coefficient (Wildman–Crippen LogP) is 6.30. The van der Waals surface area contributed by atoms with Crippen LogP contribution >= 0.6 is 11.6 Å². The van der Waals surface area contributed by atoms with Gasteiger partial charge in [-0.3, -0.25) is 9.59 Å². The van der Waals surface area contributed by atoms with Crippen molar-refractivity contribution in [2.45, 2.75) is 32.5 Å². The summed E-state index contributed by atoms with van der Waals surface area (Å²) in [5.74, 6) is -4.07. The highest BCUT2D eigenvalue weighted by molar-refractivity contribution is 6.31. The number of anilines is 1. The van der Waals surface area contributed by atoms with Crippen molar-refractivity contribution in [3.63, 3.8) is 0 Å². The molecule has 35 heavy (non-hydrogen) atoms. The summed E-state index contributed by atoms with van der Waals surface area (Å²) >= 11 is 6.23. The van der Waals surface area contributed by atoms with Crippen molar-refractivity contribution < 1.29 is 31.5 Å². The molecule has 1 N–H and O–H groups in total. The number of aromatic nitrogens is 1. The fourth-order valence-electron chi connectivity index (χ4n) is 3.69. The third-order valence-corrected chi connectivity index (χ3v) is 5.55. The highest BCUT2D eigenvalue weighted by Crippen LogP contribution is 2.37. The topological polar surface area (TPSA) is 74.9 Å². The standard InChI is InChI=1S/C24H17ClF5N3O2/c1-12(34)11-33-18(10-31)9-21(22(33)13(2)19-8-16(26)3-4-20(19)25)32-23(35)14-5-15(24(28,29)30)7-17(27)6-14/h3-9,13H,11H2,1-2H3,(H,32,35)/t13-/m1/s1. The number of benzene rings is 2. The first-order chi connectivity index (χ1) is 16.3. The Bertz CT molecular complexity index is 1360. The molecule has 2 aromatic carbocycles. The van der Waals surface area contributed by atoms with E-state index in [0.717, 1.165) is 12.1 Å². The maximum absolute atomic E-state index is 13.9. The van der Waals surface area contributed by atoms with E-state index in [9.17, 15) is 36.8 Å². The molecule has 0 aliphatic rings. The van der Waals surface area contributed by atoms with E-state index >= 15 is 0 Å². The number of alkyl halides is 3. The monoisotopic (exact) mass is 509 g/mol. The number of hydrogen-bond donors (Lipinski definition) is 1. The maximum atomic E-state index is 13.9. The number of hydrogen-bond acceptors (Lipinski definition) is 3. The number of Topliss-reactive ketones (excluding diaryl/α,β-unsaturated/α-hetero) is 1. The predicted molar refractivity (Wildman–Crippen MR) is 118 cm³/mol. The zero-order valence-corrected chi connectivity index (χ0v) is 19.1. The van der Waals surface area contributed by atoms with E-state index in [2.05, 4.69) is 5.32 Å². The van der Waals surface area contributed by atoms with E-state index in [4.69, 9.17) is 11.6 Å². The number of amides is 1.